The van der Waals surface area contributed by atoms with Crippen LogP contribution >= 0.6 is 23.8 Å². The highest BCUT2D eigenvalue weighted by molar-refractivity contribution is 7.80. The van der Waals surface area contributed by atoms with Crippen molar-refractivity contribution in [3.8, 4) is 0 Å². The minimum atomic E-state index is 0.184. The lowest BCUT2D eigenvalue weighted by molar-refractivity contribution is 0.821. The summed E-state index contributed by atoms with van der Waals surface area (Å²) < 4.78 is 0. The van der Waals surface area contributed by atoms with Gasteiger partial charge in [-0.1, -0.05) is 36.8 Å². The van der Waals surface area contributed by atoms with Crippen LogP contribution < -0.4 is 11.1 Å². The summed E-state index contributed by atoms with van der Waals surface area (Å²) in [5.74, 6) is 0.184. The predicted molar refractivity (Wildman–Crippen MR) is 65.9 cm³/mol. The van der Waals surface area contributed by atoms with Gasteiger partial charge in [-0.25, -0.2) is 0 Å². The van der Waals surface area contributed by atoms with Crippen molar-refractivity contribution in [1.29, 1.82) is 0 Å². The molecule has 1 rings (SSSR count). The Bertz CT molecular complexity index is 328. The van der Waals surface area contributed by atoms with Crippen molar-refractivity contribution >= 4 is 34.5 Å². The molecule has 4 heteroatoms. The lowest BCUT2D eigenvalue weighted by Crippen LogP contribution is -2.25. The van der Waals surface area contributed by atoms with E-state index in [0.29, 0.717) is 4.99 Å². The van der Waals surface area contributed by atoms with E-state index in [1.807, 2.05) is 31.2 Å². The van der Waals surface area contributed by atoms with Crippen molar-refractivity contribution in [3.63, 3.8) is 0 Å². The molecule has 2 nitrogen and oxygen atoms in total. The van der Waals surface area contributed by atoms with Gasteiger partial charge < -0.3 is 11.1 Å². The Balaban J connectivity index is 2.49. The first kappa shape index (κ1) is 11.3. The Hall–Kier alpha value is -0.800. The quantitative estimate of drug-likeness (QED) is 0.779. The molecule has 0 aliphatic heterocycles. The maximum absolute atomic E-state index is 5.83. The van der Waals surface area contributed by atoms with Crippen LogP contribution in [-0.4, -0.2) is 11.5 Å². The van der Waals surface area contributed by atoms with Gasteiger partial charge in [0.2, 0.25) is 0 Å². The second-order valence-electron chi connectivity index (χ2n) is 3.19. The molecule has 76 valence electrons. The molecule has 1 atom stereocenters. The van der Waals surface area contributed by atoms with E-state index in [1.54, 1.807) is 0 Å². The highest BCUT2D eigenvalue weighted by atomic mass is 35.5. The van der Waals surface area contributed by atoms with Crippen LogP contribution in [0.25, 0.3) is 0 Å². The molecule has 0 aliphatic carbocycles. The first-order chi connectivity index (χ1) is 6.59. The lowest BCUT2D eigenvalue weighted by atomic mass is 10.2. The number of nitrogens with two attached hydrogens (primary N) is 1. The molecular formula is C10H13ClN2S. The molecule has 0 aromatic heterocycles. The molecule has 0 saturated carbocycles. The molecule has 0 heterocycles. The van der Waals surface area contributed by atoms with Gasteiger partial charge in [0.1, 0.15) is 0 Å². The van der Waals surface area contributed by atoms with Crippen molar-refractivity contribution in [1.82, 2.24) is 0 Å². The SMILES string of the molecule is CC(CNc1cccc(Cl)c1)C(N)=S. The summed E-state index contributed by atoms with van der Waals surface area (Å²) in [6, 6.07) is 7.56. The average Bonchev–Trinajstić information content (AvgIpc) is 2.14. The van der Waals surface area contributed by atoms with Crippen LogP contribution in [0, 0.1) is 5.92 Å². The summed E-state index contributed by atoms with van der Waals surface area (Å²) in [7, 11) is 0. The Morgan fingerprint density at radius 2 is 2.36 bits per heavy atom. The largest absolute Gasteiger partial charge is 0.393 e. The molecule has 1 unspecified atom stereocenters. The van der Waals surface area contributed by atoms with E-state index in [4.69, 9.17) is 29.6 Å². The molecule has 0 aliphatic rings. The second kappa shape index (κ2) is 5.17. The van der Waals surface area contributed by atoms with Gasteiger partial charge in [-0.2, -0.15) is 0 Å². The first-order valence-electron chi connectivity index (χ1n) is 4.38. The van der Waals surface area contributed by atoms with Crippen molar-refractivity contribution in [2.75, 3.05) is 11.9 Å². The Labute approximate surface area is 94.4 Å². The minimum Gasteiger partial charge on any atom is -0.393 e. The average molecular weight is 229 g/mol. The first-order valence-corrected chi connectivity index (χ1v) is 5.17. The summed E-state index contributed by atoms with van der Waals surface area (Å²) in [6.07, 6.45) is 0. The number of anilines is 1. The van der Waals surface area contributed by atoms with Crippen LogP contribution in [0.4, 0.5) is 5.69 Å². The highest BCUT2D eigenvalue weighted by Crippen LogP contribution is 2.15. The van der Waals surface area contributed by atoms with Gasteiger partial charge in [0.15, 0.2) is 0 Å². The molecule has 0 amide bonds. The molecule has 14 heavy (non-hydrogen) atoms. The third-order valence-corrected chi connectivity index (χ3v) is 2.56. The molecule has 1 aromatic carbocycles. The van der Waals surface area contributed by atoms with E-state index >= 15 is 0 Å². The van der Waals surface area contributed by atoms with Gasteiger partial charge in [-0.15, -0.1) is 0 Å². The fraction of sp³-hybridized carbons (Fsp3) is 0.300. The zero-order valence-electron chi connectivity index (χ0n) is 7.96. The van der Waals surface area contributed by atoms with Gasteiger partial charge >= 0.3 is 0 Å². The molecule has 3 N–H and O–H groups in total. The monoisotopic (exact) mass is 228 g/mol. The summed E-state index contributed by atoms with van der Waals surface area (Å²) in [5, 5.41) is 3.93. The normalized spacial score (nSPS) is 12.1. The standard InChI is InChI=1S/C10H13ClN2S/c1-7(10(12)14)6-13-9-4-2-3-8(11)5-9/h2-5,7,13H,6H2,1H3,(H2,12,14). The van der Waals surface area contributed by atoms with Gasteiger partial charge in [0.25, 0.3) is 0 Å². The number of nitrogens with one attached hydrogen (secondary N) is 1. The summed E-state index contributed by atoms with van der Waals surface area (Å²) >= 11 is 10.7. The Morgan fingerprint density at radius 1 is 1.64 bits per heavy atom. The van der Waals surface area contributed by atoms with E-state index in [-0.39, 0.29) is 5.92 Å². The van der Waals surface area contributed by atoms with Gasteiger partial charge in [0.05, 0.1) is 4.99 Å². The molecule has 0 spiro atoms. The Kier molecular flexibility index (Phi) is 4.17. The zero-order chi connectivity index (χ0) is 10.6. The molecule has 0 radical (unpaired) electrons. The van der Waals surface area contributed by atoms with Crippen LogP contribution in [0.3, 0.4) is 0 Å². The van der Waals surface area contributed by atoms with Crippen LogP contribution in [0.5, 0.6) is 0 Å². The van der Waals surface area contributed by atoms with Crippen molar-refractivity contribution in [2.24, 2.45) is 11.7 Å². The van der Waals surface area contributed by atoms with Crippen LogP contribution in [0.1, 0.15) is 6.92 Å². The van der Waals surface area contributed by atoms with Crippen molar-refractivity contribution in [3.05, 3.63) is 29.3 Å². The van der Waals surface area contributed by atoms with Gasteiger partial charge in [0, 0.05) is 23.2 Å². The second-order valence-corrected chi connectivity index (χ2v) is 4.10. The Morgan fingerprint density at radius 3 is 2.93 bits per heavy atom. The number of halogens is 1. The highest BCUT2D eigenvalue weighted by Gasteiger charge is 2.03. The number of hydrogen-bond acceptors (Lipinski definition) is 2. The summed E-state index contributed by atoms with van der Waals surface area (Å²) in [6.45, 7) is 2.72. The van der Waals surface area contributed by atoms with Crippen LogP contribution in [0.15, 0.2) is 24.3 Å². The van der Waals surface area contributed by atoms with Crippen LogP contribution in [-0.2, 0) is 0 Å². The molecule has 0 bridgehead atoms. The topological polar surface area (TPSA) is 38.0 Å². The number of hydrogen-bond donors (Lipinski definition) is 2. The number of thiocarbonyl (C=S) groups is 1. The molecular weight excluding hydrogens is 216 g/mol. The summed E-state index contributed by atoms with van der Waals surface area (Å²) in [4.78, 5) is 0.527. The van der Waals surface area contributed by atoms with E-state index in [0.717, 1.165) is 17.3 Å². The van der Waals surface area contributed by atoms with E-state index in [9.17, 15) is 0 Å². The molecule has 0 saturated heterocycles. The smallest absolute Gasteiger partial charge is 0.0773 e. The number of benzene rings is 1. The maximum Gasteiger partial charge on any atom is 0.0773 e. The molecule has 1 aromatic rings. The predicted octanol–water partition coefficient (Wildman–Crippen LogP) is 2.67. The fourth-order valence-electron chi connectivity index (χ4n) is 0.970. The van der Waals surface area contributed by atoms with Gasteiger partial charge in [-0.05, 0) is 18.2 Å². The minimum absolute atomic E-state index is 0.184. The van der Waals surface area contributed by atoms with Gasteiger partial charge in [-0.3, -0.25) is 0 Å². The zero-order valence-corrected chi connectivity index (χ0v) is 9.53. The lowest BCUT2D eigenvalue weighted by Gasteiger charge is -2.11. The van der Waals surface area contributed by atoms with Crippen molar-refractivity contribution < 1.29 is 0 Å². The maximum atomic E-state index is 5.83. The summed E-state index contributed by atoms with van der Waals surface area (Å²) in [5.41, 5.74) is 6.48. The number of rotatable bonds is 4. The third-order valence-electron chi connectivity index (χ3n) is 1.92. The fourth-order valence-corrected chi connectivity index (χ4v) is 1.24. The van der Waals surface area contributed by atoms with E-state index in [2.05, 4.69) is 5.32 Å². The van der Waals surface area contributed by atoms with Crippen LogP contribution in [0.2, 0.25) is 5.02 Å². The van der Waals surface area contributed by atoms with E-state index < -0.39 is 0 Å². The van der Waals surface area contributed by atoms with E-state index in [1.165, 1.54) is 0 Å². The van der Waals surface area contributed by atoms with Crippen molar-refractivity contribution in [2.45, 2.75) is 6.92 Å². The molecule has 0 fully saturated rings. The third kappa shape index (κ3) is 3.52.